The summed E-state index contributed by atoms with van der Waals surface area (Å²) in [5.74, 6) is 0.998. The minimum Gasteiger partial charge on any atom is -0.396 e. The summed E-state index contributed by atoms with van der Waals surface area (Å²) in [4.78, 5) is 6.62. The molecule has 2 rings (SSSR count). The third-order valence-corrected chi connectivity index (χ3v) is 3.12. The van der Waals surface area contributed by atoms with E-state index in [0.29, 0.717) is 6.42 Å². The molecule has 0 radical (unpaired) electrons. The molecule has 0 bridgehead atoms. The zero-order chi connectivity index (χ0) is 13.5. The maximum Gasteiger partial charge on any atom is 0.128 e. The molecule has 1 aromatic heterocycles. The molecule has 0 aliphatic heterocycles. The molecule has 3 nitrogen and oxygen atoms in total. The van der Waals surface area contributed by atoms with E-state index in [1.54, 1.807) is 0 Å². The standard InChI is InChI=1S/C16H20N2O/c1-2-18(16-8-3-4-10-17-16)13-15-7-5-6-14(12-15)9-11-19/h3-8,10,12,19H,2,9,11,13H2,1H3. The Kier molecular flexibility index (Phi) is 4.93. The summed E-state index contributed by atoms with van der Waals surface area (Å²) >= 11 is 0. The minimum atomic E-state index is 0.196. The minimum absolute atomic E-state index is 0.196. The number of aromatic nitrogens is 1. The van der Waals surface area contributed by atoms with Gasteiger partial charge in [0.15, 0.2) is 0 Å². The van der Waals surface area contributed by atoms with Crippen molar-refractivity contribution in [3.05, 3.63) is 59.8 Å². The van der Waals surface area contributed by atoms with Crippen molar-refractivity contribution in [2.24, 2.45) is 0 Å². The van der Waals surface area contributed by atoms with E-state index in [9.17, 15) is 0 Å². The molecular formula is C16H20N2O. The van der Waals surface area contributed by atoms with Crippen LogP contribution < -0.4 is 4.90 Å². The zero-order valence-corrected chi connectivity index (χ0v) is 11.3. The first-order chi connectivity index (χ1) is 9.33. The third kappa shape index (κ3) is 3.80. The Labute approximate surface area is 114 Å². The molecule has 3 heteroatoms. The van der Waals surface area contributed by atoms with Crippen LogP contribution in [0.3, 0.4) is 0 Å². The number of rotatable bonds is 6. The van der Waals surface area contributed by atoms with Crippen LogP contribution in [0.2, 0.25) is 0 Å². The Bertz CT molecular complexity index is 499. The molecule has 0 saturated heterocycles. The van der Waals surface area contributed by atoms with Crippen molar-refractivity contribution in [2.45, 2.75) is 19.9 Å². The van der Waals surface area contributed by atoms with Gasteiger partial charge in [-0.3, -0.25) is 0 Å². The van der Waals surface area contributed by atoms with Gasteiger partial charge < -0.3 is 10.0 Å². The summed E-state index contributed by atoms with van der Waals surface area (Å²) in [6.07, 6.45) is 2.53. The van der Waals surface area contributed by atoms with E-state index in [0.717, 1.165) is 18.9 Å². The quantitative estimate of drug-likeness (QED) is 0.863. The smallest absolute Gasteiger partial charge is 0.128 e. The normalized spacial score (nSPS) is 10.4. The van der Waals surface area contributed by atoms with Gasteiger partial charge in [-0.15, -0.1) is 0 Å². The Morgan fingerprint density at radius 2 is 1.95 bits per heavy atom. The van der Waals surface area contributed by atoms with Crippen molar-refractivity contribution in [1.29, 1.82) is 0 Å². The number of nitrogens with zero attached hydrogens (tertiary/aromatic N) is 2. The molecule has 1 aromatic carbocycles. The van der Waals surface area contributed by atoms with Gasteiger partial charge in [-0.2, -0.15) is 0 Å². The van der Waals surface area contributed by atoms with Crippen LogP contribution >= 0.6 is 0 Å². The first-order valence-electron chi connectivity index (χ1n) is 6.68. The molecule has 0 amide bonds. The van der Waals surface area contributed by atoms with Gasteiger partial charge in [0.05, 0.1) is 0 Å². The highest BCUT2D eigenvalue weighted by molar-refractivity contribution is 5.39. The number of hydrogen-bond acceptors (Lipinski definition) is 3. The van der Waals surface area contributed by atoms with E-state index >= 15 is 0 Å². The van der Waals surface area contributed by atoms with Gasteiger partial charge in [-0.25, -0.2) is 4.98 Å². The summed E-state index contributed by atoms with van der Waals surface area (Å²) < 4.78 is 0. The van der Waals surface area contributed by atoms with Crippen LogP contribution in [-0.4, -0.2) is 23.2 Å². The molecule has 2 aromatic rings. The van der Waals surface area contributed by atoms with Crippen molar-refractivity contribution in [2.75, 3.05) is 18.1 Å². The summed E-state index contributed by atoms with van der Waals surface area (Å²) in [7, 11) is 0. The first kappa shape index (κ1) is 13.6. The van der Waals surface area contributed by atoms with Gasteiger partial charge in [-0.1, -0.05) is 30.3 Å². The van der Waals surface area contributed by atoms with Crippen LogP contribution in [0.4, 0.5) is 5.82 Å². The molecule has 0 fully saturated rings. The molecule has 0 unspecified atom stereocenters. The molecule has 0 aliphatic carbocycles. The molecule has 0 saturated carbocycles. The fourth-order valence-electron chi connectivity index (χ4n) is 2.13. The molecule has 0 spiro atoms. The summed E-state index contributed by atoms with van der Waals surface area (Å²) in [6, 6.07) is 14.3. The molecule has 0 aliphatic rings. The van der Waals surface area contributed by atoms with E-state index in [1.807, 2.05) is 30.5 Å². The largest absolute Gasteiger partial charge is 0.396 e. The van der Waals surface area contributed by atoms with Crippen LogP contribution in [0.15, 0.2) is 48.7 Å². The highest BCUT2D eigenvalue weighted by Gasteiger charge is 2.06. The fourth-order valence-corrected chi connectivity index (χ4v) is 2.13. The van der Waals surface area contributed by atoms with E-state index in [4.69, 9.17) is 5.11 Å². The van der Waals surface area contributed by atoms with E-state index in [1.165, 1.54) is 11.1 Å². The molecule has 1 heterocycles. The Balaban J connectivity index is 2.12. The average Bonchev–Trinajstić information content (AvgIpc) is 2.46. The Hall–Kier alpha value is -1.87. The number of anilines is 1. The average molecular weight is 256 g/mol. The van der Waals surface area contributed by atoms with Gasteiger partial charge in [0.2, 0.25) is 0 Å². The van der Waals surface area contributed by atoms with E-state index in [-0.39, 0.29) is 6.61 Å². The third-order valence-electron chi connectivity index (χ3n) is 3.12. The number of benzene rings is 1. The predicted octanol–water partition coefficient (Wildman–Crippen LogP) is 2.64. The van der Waals surface area contributed by atoms with Crippen LogP contribution in [-0.2, 0) is 13.0 Å². The Morgan fingerprint density at radius 3 is 2.63 bits per heavy atom. The molecule has 100 valence electrons. The van der Waals surface area contributed by atoms with Crippen LogP contribution in [0.1, 0.15) is 18.1 Å². The fraction of sp³-hybridized carbons (Fsp3) is 0.312. The molecule has 0 atom stereocenters. The zero-order valence-electron chi connectivity index (χ0n) is 11.3. The highest BCUT2D eigenvalue weighted by atomic mass is 16.2. The number of hydrogen-bond donors (Lipinski definition) is 1. The maximum atomic E-state index is 9.00. The first-order valence-corrected chi connectivity index (χ1v) is 6.68. The van der Waals surface area contributed by atoms with Crippen LogP contribution in [0, 0.1) is 0 Å². The van der Waals surface area contributed by atoms with Crippen molar-refractivity contribution < 1.29 is 5.11 Å². The summed E-state index contributed by atoms with van der Waals surface area (Å²) in [6.45, 7) is 4.08. The van der Waals surface area contributed by atoms with Gasteiger partial charge in [0, 0.05) is 25.9 Å². The predicted molar refractivity (Wildman–Crippen MR) is 78.2 cm³/mol. The molecule has 19 heavy (non-hydrogen) atoms. The lowest BCUT2D eigenvalue weighted by molar-refractivity contribution is 0.299. The lowest BCUT2D eigenvalue weighted by Crippen LogP contribution is -2.22. The van der Waals surface area contributed by atoms with Crippen molar-refractivity contribution in [3.63, 3.8) is 0 Å². The summed E-state index contributed by atoms with van der Waals surface area (Å²) in [5.41, 5.74) is 2.43. The van der Waals surface area contributed by atoms with Crippen molar-refractivity contribution in [3.8, 4) is 0 Å². The van der Waals surface area contributed by atoms with Crippen molar-refractivity contribution in [1.82, 2.24) is 4.98 Å². The monoisotopic (exact) mass is 256 g/mol. The van der Waals surface area contributed by atoms with Crippen LogP contribution in [0.5, 0.6) is 0 Å². The van der Waals surface area contributed by atoms with Crippen molar-refractivity contribution >= 4 is 5.82 Å². The number of pyridine rings is 1. The lowest BCUT2D eigenvalue weighted by atomic mass is 10.1. The second kappa shape index (κ2) is 6.90. The maximum absolute atomic E-state index is 9.00. The molecular weight excluding hydrogens is 236 g/mol. The highest BCUT2D eigenvalue weighted by Crippen LogP contribution is 2.14. The van der Waals surface area contributed by atoms with Gasteiger partial charge in [0.1, 0.15) is 5.82 Å². The second-order valence-electron chi connectivity index (χ2n) is 4.50. The molecule has 1 N–H and O–H groups in total. The SMILES string of the molecule is CCN(Cc1cccc(CCO)c1)c1ccccn1. The van der Waals surface area contributed by atoms with E-state index in [2.05, 4.69) is 35.0 Å². The number of aliphatic hydroxyl groups is 1. The van der Waals surface area contributed by atoms with Crippen LogP contribution in [0.25, 0.3) is 0 Å². The Morgan fingerprint density at radius 1 is 1.11 bits per heavy atom. The second-order valence-corrected chi connectivity index (χ2v) is 4.50. The van der Waals surface area contributed by atoms with Gasteiger partial charge >= 0.3 is 0 Å². The van der Waals surface area contributed by atoms with Gasteiger partial charge in [0.25, 0.3) is 0 Å². The lowest BCUT2D eigenvalue weighted by Gasteiger charge is -2.22. The van der Waals surface area contributed by atoms with E-state index < -0.39 is 0 Å². The van der Waals surface area contributed by atoms with Gasteiger partial charge in [-0.05, 0) is 36.6 Å². The topological polar surface area (TPSA) is 36.4 Å². The number of aliphatic hydroxyl groups excluding tert-OH is 1. The summed E-state index contributed by atoms with van der Waals surface area (Å²) in [5, 5.41) is 9.00.